The van der Waals surface area contributed by atoms with E-state index in [0.717, 1.165) is 10.2 Å². The van der Waals surface area contributed by atoms with E-state index >= 15 is 0 Å². The van der Waals surface area contributed by atoms with Gasteiger partial charge in [0.05, 0.1) is 4.92 Å². The average Bonchev–Trinajstić information content (AvgIpc) is 2.55. The molecular weight excluding hydrogens is 394 g/mol. The third-order valence-corrected chi connectivity index (χ3v) is 3.58. The Morgan fingerprint density at radius 2 is 1.92 bits per heavy atom. The minimum absolute atomic E-state index is 0.0371. The number of thiocarbonyl (C=S) groups is 1. The van der Waals surface area contributed by atoms with Crippen LogP contribution in [0, 0.1) is 10.1 Å². The minimum atomic E-state index is -0.491. The van der Waals surface area contributed by atoms with Crippen molar-refractivity contribution < 1.29 is 9.72 Å². The molecule has 0 heterocycles. The second kappa shape index (κ2) is 8.32. The topological polar surface area (TPSA) is 84.3 Å². The van der Waals surface area contributed by atoms with Crippen LogP contribution in [0.1, 0.15) is 5.56 Å². The number of rotatable bonds is 4. The van der Waals surface area contributed by atoms with Crippen LogP contribution in [0.3, 0.4) is 0 Å². The summed E-state index contributed by atoms with van der Waals surface area (Å²) in [5.74, 6) is -0.434. The molecule has 24 heavy (non-hydrogen) atoms. The predicted octanol–water partition coefficient (Wildman–Crippen LogP) is 3.88. The maximum atomic E-state index is 11.8. The number of nitro groups is 1. The molecule has 2 aromatic carbocycles. The molecule has 0 atom stereocenters. The fourth-order valence-corrected chi connectivity index (χ4v) is 2.25. The summed E-state index contributed by atoms with van der Waals surface area (Å²) in [6.45, 7) is 0. The number of anilines is 1. The Labute approximate surface area is 151 Å². The van der Waals surface area contributed by atoms with E-state index < -0.39 is 10.8 Å². The third kappa shape index (κ3) is 5.56. The smallest absolute Gasteiger partial charge is 0.270 e. The predicted molar refractivity (Wildman–Crippen MR) is 101 cm³/mol. The van der Waals surface area contributed by atoms with Crippen molar-refractivity contribution in [1.82, 2.24) is 5.32 Å². The van der Waals surface area contributed by atoms with E-state index in [0.29, 0.717) is 5.56 Å². The average molecular weight is 406 g/mol. The molecule has 1 amide bonds. The Kier molecular flexibility index (Phi) is 6.16. The molecule has 2 rings (SSSR count). The van der Waals surface area contributed by atoms with Gasteiger partial charge in [-0.2, -0.15) is 0 Å². The van der Waals surface area contributed by atoms with E-state index in [1.807, 2.05) is 24.3 Å². The minimum Gasteiger partial charge on any atom is -0.332 e. The number of nitro benzene ring substituents is 1. The highest BCUT2D eigenvalue weighted by Gasteiger charge is 2.05. The first-order chi connectivity index (χ1) is 11.4. The number of carbonyl (C=O) groups excluding carboxylic acids is 1. The lowest BCUT2D eigenvalue weighted by molar-refractivity contribution is -0.384. The van der Waals surface area contributed by atoms with E-state index in [9.17, 15) is 14.9 Å². The molecule has 0 saturated carbocycles. The quantitative estimate of drug-likeness (QED) is 0.349. The van der Waals surface area contributed by atoms with Crippen LogP contribution >= 0.6 is 28.1 Å². The molecule has 2 N–H and O–H groups in total. The summed E-state index contributed by atoms with van der Waals surface area (Å²) < 4.78 is 0.933. The third-order valence-electron chi connectivity index (χ3n) is 2.85. The van der Waals surface area contributed by atoms with Crippen molar-refractivity contribution in [3.63, 3.8) is 0 Å². The van der Waals surface area contributed by atoms with Crippen LogP contribution in [0.4, 0.5) is 11.4 Å². The second-order valence-electron chi connectivity index (χ2n) is 4.64. The number of hydrogen-bond acceptors (Lipinski definition) is 4. The van der Waals surface area contributed by atoms with Gasteiger partial charge in [-0.25, -0.2) is 0 Å². The summed E-state index contributed by atoms with van der Waals surface area (Å²) in [7, 11) is 0. The molecule has 122 valence electrons. The first-order valence-corrected chi connectivity index (χ1v) is 7.94. The second-order valence-corrected chi connectivity index (χ2v) is 5.96. The molecule has 0 unspecified atom stereocenters. The van der Waals surface area contributed by atoms with E-state index in [-0.39, 0.29) is 10.8 Å². The monoisotopic (exact) mass is 405 g/mol. The molecule has 0 spiro atoms. The van der Waals surface area contributed by atoms with Crippen LogP contribution in [0.5, 0.6) is 0 Å². The normalized spacial score (nSPS) is 10.4. The Morgan fingerprint density at radius 3 is 2.58 bits per heavy atom. The maximum absolute atomic E-state index is 11.8. The zero-order valence-corrected chi connectivity index (χ0v) is 14.6. The molecular formula is C16H12BrN3O3S. The lowest BCUT2D eigenvalue weighted by atomic mass is 10.2. The van der Waals surface area contributed by atoms with E-state index in [2.05, 4.69) is 26.6 Å². The zero-order chi connectivity index (χ0) is 17.5. The van der Waals surface area contributed by atoms with Crippen LogP contribution < -0.4 is 10.6 Å². The fraction of sp³-hybridized carbons (Fsp3) is 0. The van der Waals surface area contributed by atoms with Gasteiger partial charge in [0.2, 0.25) is 5.91 Å². The SMILES string of the molecule is O=C(/C=C/c1cccc([N+](=O)[O-])c1)NC(=S)Nc1ccc(Br)cc1. The summed E-state index contributed by atoms with van der Waals surface area (Å²) in [5, 5.41) is 16.2. The number of nitrogens with one attached hydrogen (secondary N) is 2. The summed E-state index contributed by atoms with van der Waals surface area (Å²) in [6, 6.07) is 13.3. The Balaban J connectivity index is 1.92. The molecule has 0 aliphatic heterocycles. The molecule has 0 bridgehead atoms. The number of halogens is 1. The number of carbonyl (C=O) groups is 1. The molecule has 0 aliphatic carbocycles. The lowest BCUT2D eigenvalue weighted by Crippen LogP contribution is -2.32. The fourth-order valence-electron chi connectivity index (χ4n) is 1.76. The van der Waals surface area contributed by atoms with Gasteiger partial charge in [0.1, 0.15) is 0 Å². The molecule has 6 nitrogen and oxygen atoms in total. The Bertz CT molecular complexity index is 806. The van der Waals surface area contributed by atoms with Gasteiger partial charge in [-0.3, -0.25) is 20.2 Å². The molecule has 2 aromatic rings. The highest BCUT2D eigenvalue weighted by atomic mass is 79.9. The summed E-state index contributed by atoms with van der Waals surface area (Å²) in [5.41, 5.74) is 1.25. The molecule has 0 saturated heterocycles. The van der Waals surface area contributed by atoms with Crippen LogP contribution in [0.15, 0.2) is 59.1 Å². The Hall–Kier alpha value is -2.58. The van der Waals surface area contributed by atoms with Crippen LogP contribution in [-0.2, 0) is 4.79 Å². The van der Waals surface area contributed by atoms with Crippen molar-refractivity contribution >= 4 is 56.6 Å². The highest BCUT2D eigenvalue weighted by molar-refractivity contribution is 9.10. The molecule has 0 fully saturated rings. The van der Waals surface area contributed by atoms with Gasteiger partial charge in [0.15, 0.2) is 5.11 Å². The summed E-state index contributed by atoms with van der Waals surface area (Å²) >= 11 is 8.38. The van der Waals surface area contributed by atoms with Crippen LogP contribution in [0.2, 0.25) is 0 Å². The summed E-state index contributed by atoms with van der Waals surface area (Å²) in [4.78, 5) is 22.0. The number of non-ortho nitro benzene ring substituents is 1. The number of hydrogen-bond donors (Lipinski definition) is 2. The number of amides is 1. The summed E-state index contributed by atoms with van der Waals surface area (Å²) in [6.07, 6.45) is 2.74. The van der Waals surface area contributed by atoms with Gasteiger partial charge >= 0.3 is 0 Å². The standard InChI is InChI=1S/C16H12BrN3O3S/c17-12-5-7-13(8-6-12)18-16(24)19-15(21)9-4-11-2-1-3-14(10-11)20(22)23/h1-10H,(H2,18,19,21,24)/b9-4+. The van der Waals surface area contributed by atoms with Crippen molar-refractivity contribution in [3.8, 4) is 0 Å². The van der Waals surface area contributed by atoms with E-state index in [4.69, 9.17) is 12.2 Å². The zero-order valence-electron chi connectivity index (χ0n) is 12.2. The van der Waals surface area contributed by atoms with E-state index in [1.54, 1.807) is 12.1 Å². The largest absolute Gasteiger partial charge is 0.332 e. The van der Waals surface area contributed by atoms with Crippen molar-refractivity contribution in [2.75, 3.05) is 5.32 Å². The van der Waals surface area contributed by atoms with Gasteiger partial charge < -0.3 is 5.32 Å². The maximum Gasteiger partial charge on any atom is 0.270 e. The van der Waals surface area contributed by atoms with Crippen molar-refractivity contribution in [2.45, 2.75) is 0 Å². The van der Waals surface area contributed by atoms with Crippen LogP contribution in [0.25, 0.3) is 6.08 Å². The first kappa shape index (κ1) is 17.8. The number of nitrogens with zero attached hydrogens (tertiary/aromatic N) is 1. The van der Waals surface area contributed by atoms with Gasteiger partial charge in [-0.1, -0.05) is 28.1 Å². The van der Waals surface area contributed by atoms with Crippen molar-refractivity contribution in [2.24, 2.45) is 0 Å². The van der Waals surface area contributed by atoms with Crippen molar-refractivity contribution in [3.05, 3.63) is 74.8 Å². The van der Waals surface area contributed by atoms with Crippen LogP contribution in [-0.4, -0.2) is 15.9 Å². The van der Waals surface area contributed by atoms with Gasteiger partial charge in [0.25, 0.3) is 5.69 Å². The van der Waals surface area contributed by atoms with E-state index in [1.165, 1.54) is 24.3 Å². The highest BCUT2D eigenvalue weighted by Crippen LogP contribution is 2.15. The molecule has 0 radical (unpaired) electrons. The lowest BCUT2D eigenvalue weighted by Gasteiger charge is -2.07. The number of benzene rings is 2. The van der Waals surface area contributed by atoms with Gasteiger partial charge in [-0.15, -0.1) is 0 Å². The molecule has 0 aliphatic rings. The Morgan fingerprint density at radius 1 is 1.21 bits per heavy atom. The molecule has 8 heteroatoms. The first-order valence-electron chi connectivity index (χ1n) is 6.74. The molecule has 0 aromatic heterocycles. The van der Waals surface area contributed by atoms with Gasteiger partial charge in [-0.05, 0) is 48.1 Å². The van der Waals surface area contributed by atoms with Gasteiger partial charge in [0, 0.05) is 28.4 Å². The van der Waals surface area contributed by atoms with Crippen molar-refractivity contribution in [1.29, 1.82) is 0 Å².